The number of hydrogen-bond donors (Lipinski definition) is 2. The van der Waals surface area contributed by atoms with E-state index in [1.54, 1.807) is 13.0 Å². The van der Waals surface area contributed by atoms with Crippen LogP contribution in [0.3, 0.4) is 0 Å². The summed E-state index contributed by atoms with van der Waals surface area (Å²) < 4.78 is 10.9. The Hall–Kier alpha value is -2.76. The fourth-order valence-electron chi connectivity index (χ4n) is 2.06. The predicted molar refractivity (Wildman–Crippen MR) is 84.5 cm³/mol. The molecule has 1 heterocycles. The summed E-state index contributed by atoms with van der Waals surface area (Å²) in [5.74, 6) is -0.251. The molecule has 23 heavy (non-hydrogen) atoms. The summed E-state index contributed by atoms with van der Waals surface area (Å²) in [5.41, 5.74) is 0.803. The molecule has 0 aliphatic carbocycles. The second kappa shape index (κ2) is 7.49. The summed E-state index contributed by atoms with van der Waals surface area (Å²) in [7, 11) is 0. The lowest BCUT2D eigenvalue weighted by atomic mass is 10.2. The largest absolute Gasteiger partial charge is 0.494 e. The van der Waals surface area contributed by atoms with Gasteiger partial charge in [-0.15, -0.1) is 0 Å². The molecule has 2 N–H and O–H groups in total. The summed E-state index contributed by atoms with van der Waals surface area (Å²) in [6.07, 6.45) is 0.299. The van der Waals surface area contributed by atoms with Gasteiger partial charge in [-0.3, -0.25) is 4.79 Å². The van der Waals surface area contributed by atoms with E-state index in [0.29, 0.717) is 18.8 Å². The molecule has 0 aliphatic heterocycles. The number of carboxylic acid groups (broad SMARTS) is 1. The van der Waals surface area contributed by atoms with Crippen LogP contribution in [0.5, 0.6) is 5.75 Å². The average Bonchev–Trinajstić information content (AvgIpc) is 3.03. The van der Waals surface area contributed by atoms with Crippen LogP contribution < -0.4 is 10.1 Å². The van der Waals surface area contributed by atoms with Gasteiger partial charge in [-0.05, 0) is 49.7 Å². The first-order valence-corrected chi connectivity index (χ1v) is 7.41. The van der Waals surface area contributed by atoms with Gasteiger partial charge in [-0.2, -0.15) is 0 Å². The highest BCUT2D eigenvalue weighted by molar-refractivity contribution is 5.94. The first-order chi connectivity index (χ1) is 11.0. The van der Waals surface area contributed by atoms with Gasteiger partial charge in [0.15, 0.2) is 5.76 Å². The molecular weight excluding hydrogens is 298 g/mol. The lowest BCUT2D eigenvalue weighted by molar-refractivity contribution is -0.139. The van der Waals surface area contributed by atoms with E-state index in [9.17, 15) is 9.59 Å². The van der Waals surface area contributed by atoms with Crippen molar-refractivity contribution < 1.29 is 23.8 Å². The number of carboxylic acids is 1. The van der Waals surface area contributed by atoms with Gasteiger partial charge in [-0.25, -0.2) is 4.79 Å². The molecule has 1 amide bonds. The summed E-state index contributed by atoms with van der Waals surface area (Å²) in [5, 5.41) is 11.4. The number of nitrogens with one attached hydrogen (secondary N) is 1. The van der Waals surface area contributed by atoms with Crippen molar-refractivity contribution in [1.29, 1.82) is 0 Å². The van der Waals surface area contributed by atoms with Gasteiger partial charge in [0.25, 0.3) is 5.91 Å². The maximum absolute atomic E-state index is 12.0. The first kappa shape index (κ1) is 16.6. The van der Waals surface area contributed by atoms with Crippen molar-refractivity contribution in [1.82, 2.24) is 5.32 Å². The van der Waals surface area contributed by atoms with E-state index in [2.05, 4.69) is 5.32 Å². The quantitative estimate of drug-likeness (QED) is 0.819. The predicted octanol–water partition coefficient (Wildman–Crippen LogP) is 2.94. The van der Waals surface area contributed by atoms with Crippen molar-refractivity contribution >= 4 is 11.9 Å². The van der Waals surface area contributed by atoms with E-state index < -0.39 is 17.9 Å². The minimum absolute atomic E-state index is 0.0774. The molecule has 0 spiro atoms. The van der Waals surface area contributed by atoms with Crippen LogP contribution in [0.1, 0.15) is 30.8 Å². The van der Waals surface area contributed by atoms with E-state index in [1.165, 1.54) is 6.07 Å². The van der Waals surface area contributed by atoms with Crippen molar-refractivity contribution in [3.63, 3.8) is 0 Å². The Morgan fingerprint density at radius 3 is 2.43 bits per heavy atom. The smallest absolute Gasteiger partial charge is 0.326 e. The Labute approximate surface area is 134 Å². The topological polar surface area (TPSA) is 88.8 Å². The zero-order valence-corrected chi connectivity index (χ0v) is 13.0. The van der Waals surface area contributed by atoms with Crippen molar-refractivity contribution in [3.8, 4) is 17.1 Å². The summed E-state index contributed by atoms with van der Waals surface area (Å²) >= 11 is 0. The maximum Gasteiger partial charge on any atom is 0.326 e. The molecule has 0 radical (unpaired) electrons. The number of furan rings is 1. The zero-order chi connectivity index (χ0) is 16.8. The second-order valence-corrected chi connectivity index (χ2v) is 4.89. The fourth-order valence-corrected chi connectivity index (χ4v) is 2.06. The molecule has 0 fully saturated rings. The maximum atomic E-state index is 12.0. The standard InChI is InChI=1S/C17H19NO5/c1-3-13(17(20)21)18-16(19)15-10-9-14(23-15)11-5-7-12(8-6-11)22-4-2/h5-10,13H,3-4H2,1-2H3,(H,18,19)(H,20,21)/t13-/m0/s1. The van der Waals surface area contributed by atoms with E-state index in [1.807, 2.05) is 31.2 Å². The molecular formula is C17H19NO5. The monoisotopic (exact) mass is 317 g/mol. The SMILES string of the molecule is CCOc1ccc(-c2ccc(C(=O)N[C@@H](CC)C(=O)O)o2)cc1. The van der Waals surface area contributed by atoms with Crippen LogP contribution in [-0.4, -0.2) is 29.6 Å². The van der Waals surface area contributed by atoms with Crippen LogP contribution in [0.2, 0.25) is 0 Å². The lowest BCUT2D eigenvalue weighted by Gasteiger charge is -2.10. The molecule has 0 unspecified atom stereocenters. The number of carbonyl (C=O) groups excluding carboxylic acids is 1. The van der Waals surface area contributed by atoms with E-state index in [4.69, 9.17) is 14.3 Å². The Bertz CT molecular complexity index is 675. The van der Waals surface area contributed by atoms with Gasteiger partial charge in [0.05, 0.1) is 6.61 Å². The Kier molecular flexibility index (Phi) is 5.41. The van der Waals surface area contributed by atoms with Crippen molar-refractivity contribution in [3.05, 3.63) is 42.2 Å². The van der Waals surface area contributed by atoms with Crippen molar-refractivity contribution in [2.45, 2.75) is 26.3 Å². The minimum Gasteiger partial charge on any atom is -0.494 e. The van der Waals surface area contributed by atoms with Crippen molar-refractivity contribution in [2.75, 3.05) is 6.61 Å². The summed E-state index contributed by atoms with van der Waals surface area (Å²) in [4.78, 5) is 23.0. The molecule has 6 nitrogen and oxygen atoms in total. The summed E-state index contributed by atoms with van der Waals surface area (Å²) in [6, 6.07) is 9.57. The summed E-state index contributed by atoms with van der Waals surface area (Å²) in [6.45, 7) is 4.19. The number of rotatable bonds is 7. The first-order valence-electron chi connectivity index (χ1n) is 7.41. The second-order valence-electron chi connectivity index (χ2n) is 4.89. The van der Waals surface area contributed by atoms with Gasteiger partial charge < -0.3 is 19.6 Å². The van der Waals surface area contributed by atoms with E-state index in [0.717, 1.165) is 11.3 Å². The molecule has 0 saturated heterocycles. The molecule has 6 heteroatoms. The van der Waals surface area contributed by atoms with Gasteiger partial charge in [0.2, 0.25) is 0 Å². The van der Waals surface area contributed by atoms with Crippen molar-refractivity contribution in [2.24, 2.45) is 0 Å². The van der Waals surface area contributed by atoms with E-state index >= 15 is 0 Å². The molecule has 0 bridgehead atoms. The molecule has 0 aliphatic rings. The third-order valence-electron chi connectivity index (χ3n) is 3.29. The van der Waals surface area contributed by atoms with Crippen LogP contribution in [0.25, 0.3) is 11.3 Å². The van der Waals surface area contributed by atoms with Crippen LogP contribution >= 0.6 is 0 Å². The molecule has 1 aromatic carbocycles. The Balaban J connectivity index is 2.10. The zero-order valence-electron chi connectivity index (χ0n) is 13.0. The number of carbonyl (C=O) groups is 2. The average molecular weight is 317 g/mol. The number of amides is 1. The third-order valence-corrected chi connectivity index (χ3v) is 3.29. The normalized spacial score (nSPS) is 11.7. The molecule has 2 rings (SSSR count). The molecule has 122 valence electrons. The number of benzene rings is 1. The highest BCUT2D eigenvalue weighted by atomic mass is 16.5. The highest BCUT2D eigenvalue weighted by Crippen LogP contribution is 2.24. The number of aliphatic carboxylic acids is 1. The molecule has 1 atom stereocenters. The Morgan fingerprint density at radius 1 is 1.17 bits per heavy atom. The number of ether oxygens (including phenoxy) is 1. The van der Waals surface area contributed by atoms with Gasteiger partial charge >= 0.3 is 5.97 Å². The van der Waals surface area contributed by atoms with Gasteiger partial charge in [0, 0.05) is 5.56 Å². The Morgan fingerprint density at radius 2 is 1.87 bits per heavy atom. The number of hydrogen-bond acceptors (Lipinski definition) is 4. The van der Waals surface area contributed by atoms with Gasteiger partial charge in [0.1, 0.15) is 17.6 Å². The lowest BCUT2D eigenvalue weighted by Crippen LogP contribution is -2.40. The minimum atomic E-state index is -1.07. The van der Waals surface area contributed by atoms with Crippen LogP contribution in [0.4, 0.5) is 0 Å². The van der Waals surface area contributed by atoms with Gasteiger partial charge in [-0.1, -0.05) is 6.92 Å². The molecule has 0 saturated carbocycles. The van der Waals surface area contributed by atoms with Crippen LogP contribution in [-0.2, 0) is 4.79 Å². The van der Waals surface area contributed by atoms with E-state index in [-0.39, 0.29) is 5.76 Å². The molecule has 1 aromatic heterocycles. The fraction of sp³-hybridized carbons (Fsp3) is 0.294. The van der Waals surface area contributed by atoms with Crippen LogP contribution in [0.15, 0.2) is 40.8 Å². The third kappa shape index (κ3) is 4.12. The van der Waals surface area contributed by atoms with Crippen LogP contribution in [0, 0.1) is 0 Å². The molecule has 2 aromatic rings. The highest BCUT2D eigenvalue weighted by Gasteiger charge is 2.20.